The van der Waals surface area contributed by atoms with Gasteiger partial charge in [0, 0.05) is 11.8 Å². The maximum Gasteiger partial charge on any atom is 0.416 e. The number of halogens is 4. The van der Waals surface area contributed by atoms with Gasteiger partial charge in [0.15, 0.2) is 5.11 Å². The number of nitrogens with one attached hydrogen (secondary N) is 2. The summed E-state index contributed by atoms with van der Waals surface area (Å²) in [5.41, 5.74) is 2.56. The van der Waals surface area contributed by atoms with E-state index in [-0.39, 0.29) is 15.8 Å². The molecule has 2 aromatic rings. The van der Waals surface area contributed by atoms with E-state index in [2.05, 4.69) is 15.8 Å². The van der Waals surface area contributed by atoms with Crippen LogP contribution in [0.25, 0.3) is 6.08 Å². The summed E-state index contributed by atoms with van der Waals surface area (Å²) in [6.07, 6.45) is 0.403. The molecule has 0 amide bonds. The monoisotopic (exact) mass is 413 g/mol. The Hall–Kier alpha value is -2.58. The Morgan fingerprint density at radius 1 is 1.22 bits per heavy atom. The minimum Gasteiger partial charge on any atom is -0.496 e. The molecule has 0 aliphatic heterocycles. The Morgan fingerprint density at radius 2 is 1.96 bits per heavy atom. The van der Waals surface area contributed by atoms with Gasteiger partial charge in [-0.3, -0.25) is 5.43 Å². The van der Waals surface area contributed by atoms with Crippen molar-refractivity contribution in [1.82, 2.24) is 5.43 Å². The fourth-order valence-corrected chi connectivity index (χ4v) is 2.36. The summed E-state index contributed by atoms with van der Waals surface area (Å²) in [5, 5.41) is 6.55. The summed E-state index contributed by atoms with van der Waals surface area (Å²) in [7, 11) is 1.57. The lowest BCUT2D eigenvalue weighted by molar-refractivity contribution is -0.137. The third-order valence-electron chi connectivity index (χ3n) is 3.28. The third kappa shape index (κ3) is 6.26. The molecule has 2 rings (SSSR count). The van der Waals surface area contributed by atoms with Crippen LogP contribution in [0.1, 0.15) is 11.1 Å². The van der Waals surface area contributed by atoms with E-state index in [4.69, 9.17) is 28.6 Å². The molecule has 0 aliphatic rings. The molecule has 2 aromatic carbocycles. The minimum atomic E-state index is -4.47. The molecule has 0 spiro atoms. The number of rotatable bonds is 5. The second-order valence-corrected chi connectivity index (χ2v) is 5.95. The molecule has 2 N–H and O–H groups in total. The lowest BCUT2D eigenvalue weighted by Crippen LogP contribution is -2.24. The summed E-state index contributed by atoms with van der Waals surface area (Å²) >= 11 is 10.9. The fraction of sp³-hybridized carbons (Fsp3) is 0.111. The summed E-state index contributed by atoms with van der Waals surface area (Å²) in [5.74, 6) is 0.714. The third-order valence-corrected chi connectivity index (χ3v) is 3.81. The van der Waals surface area contributed by atoms with Crippen molar-refractivity contribution >= 4 is 46.9 Å². The number of hydrogen-bond acceptors (Lipinski definition) is 3. The van der Waals surface area contributed by atoms with E-state index in [1.165, 1.54) is 6.21 Å². The zero-order valence-electron chi connectivity index (χ0n) is 14.0. The first-order valence-electron chi connectivity index (χ1n) is 7.57. The van der Waals surface area contributed by atoms with E-state index in [1.807, 2.05) is 24.3 Å². The number of allylic oxidation sites excluding steroid dienone is 1. The first-order chi connectivity index (χ1) is 12.8. The Morgan fingerprint density at radius 3 is 2.67 bits per heavy atom. The van der Waals surface area contributed by atoms with Gasteiger partial charge < -0.3 is 10.1 Å². The summed E-state index contributed by atoms with van der Waals surface area (Å²) in [6, 6.07) is 10.3. The number of thiocarbonyl (C=S) groups is 1. The Bertz CT molecular complexity index is 869. The van der Waals surface area contributed by atoms with Gasteiger partial charge in [-0.1, -0.05) is 29.8 Å². The maximum atomic E-state index is 12.8. The van der Waals surface area contributed by atoms with Gasteiger partial charge in [0.25, 0.3) is 0 Å². The van der Waals surface area contributed by atoms with E-state index in [9.17, 15) is 13.2 Å². The first-order valence-corrected chi connectivity index (χ1v) is 8.36. The molecule has 9 heteroatoms. The van der Waals surface area contributed by atoms with Crippen LogP contribution in [-0.2, 0) is 6.18 Å². The van der Waals surface area contributed by atoms with Crippen LogP contribution < -0.4 is 15.5 Å². The molecule has 0 fully saturated rings. The Kier molecular flexibility index (Phi) is 7.20. The molecule has 0 atom stereocenters. The highest BCUT2D eigenvalue weighted by atomic mass is 35.5. The summed E-state index contributed by atoms with van der Waals surface area (Å²) in [6.45, 7) is 0. The van der Waals surface area contributed by atoms with Crippen molar-refractivity contribution in [3.8, 4) is 5.75 Å². The van der Waals surface area contributed by atoms with Gasteiger partial charge >= 0.3 is 6.18 Å². The number of para-hydroxylation sites is 1. The number of benzene rings is 2. The average Bonchev–Trinajstić information content (AvgIpc) is 2.62. The lowest BCUT2D eigenvalue weighted by Gasteiger charge is -2.12. The zero-order valence-corrected chi connectivity index (χ0v) is 15.6. The predicted molar refractivity (Wildman–Crippen MR) is 106 cm³/mol. The highest BCUT2D eigenvalue weighted by molar-refractivity contribution is 7.80. The molecule has 0 saturated heterocycles. The first kappa shape index (κ1) is 20.7. The number of hydrazone groups is 1. The number of methoxy groups -OCH3 is 1. The van der Waals surface area contributed by atoms with Crippen molar-refractivity contribution in [1.29, 1.82) is 0 Å². The van der Waals surface area contributed by atoms with Crippen LogP contribution in [-0.4, -0.2) is 18.4 Å². The molecule has 0 aliphatic carbocycles. The van der Waals surface area contributed by atoms with Crippen LogP contribution >= 0.6 is 23.8 Å². The molecule has 0 heterocycles. The SMILES string of the molecule is COc1ccccc1/C=C/C=N\NC(=S)Nc1cc(C(F)(F)F)ccc1Cl. The van der Waals surface area contributed by atoms with E-state index in [0.29, 0.717) is 5.75 Å². The van der Waals surface area contributed by atoms with Crippen molar-refractivity contribution in [2.75, 3.05) is 12.4 Å². The van der Waals surface area contributed by atoms with Crippen LogP contribution in [0.2, 0.25) is 5.02 Å². The molecule has 0 saturated carbocycles. The number of nitrogens with zero attached hydrogens (tertiary/aromatic N) is 1. The molecule has 27 heavy (non-hydrogen) atoms. The molecule has 4 nitrogen and oxygen atoms in total. The normalized spacial score (nSPS) is 11.7. The van der Waals surface area contributed by atoms with Crippen molar-refractivity contribution in [2.24, 2.45) is 5.10 Å². The van der Waals surface area contributed by atoms with Crippen molar-refractivity contribution in [3.63, 3.8) is 0 Å². The topological polar surface area (TPSA) is 45.6 Å². The summed E-state index contributed by atoms with van der Waals surface area (Å²) < 4.78 is 43.5. The highest BCUT2D eigenvalue weighted by Gasteiger charge is 2.31. The van der Waals surface area contributed by atoms with Crippen LogP contribution in [0, 0.1) is 0 Å². The van der Waals surface area contributed by atoms with Gasteiger partial charge in [0.1, 0.15) is 5.75 Å². The molecule has 0 radical (unpaired) electrons. The van der Waals surface area contributed by atoms with E-state index >= 15 is 0 Å². The van der Waals surface area contributed by atoms with Crippen LogP contribution in [0.3, 0.4) is 0 Å². The van der Waals surface area contributed by atoms with E-state index in [1.54, 1.807) is 19.3 Å². The number of alkyl halides is 3. The van der Waals surface area contributed by atoms with Gasteiger partial charge in [-0.2, -0.15) is 18.3 Å². The molecule has 142 valence electrons. The number of hydrogen-bond donors (Lipinski definition) is 2. The second kappa shape index (κ2) is 9.38. The average molecular weight is 414 g/mol. The Balaban J connectivity index is 1.95. The largest absolute Gasteiger partial charge is 0.496 e. The van der Waals surface area contributed by atoms with Crippen LogP contribution in [0.5, 0.6) is 5.75 Å². The van der Waals surface area contributed by atoms with Crippen LogP contribution in [0.15, 0.2) is 53.6 Å². The van der Waals surface area contributed by atoms with E-state index < -0.39 is 11.7 Å². The van der Waals surface area contributed by atoms with Gasteiger partial charge in [-0.15, -0.1) is 0 Å². The van der Waals surface area contributed by atoms with Crippen molar-refractivity contribution in [3.05, 3.63) is 64.7 Å². The van der Waals surface area contributed by atoms with Crippen molar-refractivity contribution < 1.29 is 17.9 Å². The van der Waals surface area contributed by atoms with Gasteiger partial charge in [-0.05, 0) is 48.6 Å². The standard InChI is InChI=1S/C18H15ClF3N3OS/c1-26-16-7-3-2-5-12(16)6-4-10-23-25-17(27)24-15-11-13(18(20,21)22)8-9-14(15)19/h2-11H,1H3,(H2,24,25,27)/b6-4+,23-10-. The maximum absolute atomic E-state index is 12.8. The Labute approximate surface area is 164 Å². The highest BCUT2D eigenvalue weighted by Crippen LogP contribution is 2.33. The molecular formula is C18H15ClF3N3OS. The molecule has 0 bridgehead atoms. The van der Waals surface area contributed by atoms with Gasteiger partial charge in [-0.25, -0.2) is 0 Å². The molecular weight excluding hydrogens is 399 g/mol. The van der Waals surface area contributed by atoms with Gasteiger partial charge in [0.2, 0.25) is 0 Å². The van der Waals surface area contributed by atoms with E-state index in [0.717, 1.165) is 23.8 Å². The number of ether oxygens (including phenoxy) is 1. The quantitative estimate of drug-likeness (QED) is 0.394. The summed E-state index contributed by atoms with van der Waals surface area (Å²) in [4.78, 5) is 0. The second-order valence-electron chi connectivity index (χ2n) is 5.14. The van der Waals surface area contributed by atoms with Crippen LogP contribution in [0.4, 0.5) is 18.9 Å². The van der Waals surface area contributed by atoms with Gasteiger partial charge in [0.05, 0.1) is 23.4 Å². The fourth-order valence-electron chi connectivity index (χ4n) is 2.04. The molecule has 0 unspecified atom stereocenters. The lowest BCUT2D eigenvalue weighted by atomic mass is 10.2. The number of anilines is 1. The minimum absolute atomic E-state index is 0.00170. The molecule has 0 aromatic heterocycles. The smallest absolute Gasteiger partial charge is 0.416 e. The zero-order chi connectivity index (χ0) is 19.9. The predicted octanol–water partition coefficient (Wildman–Crippen LogP) is 5.35. The van der Waals surface area contributed by atoms with Crippen molar-refractivity contribution in [2.45, 2.75) is 6.18 Å².